The van der Waals surface area contributed by atoms with Crippen molar-refractivity contribution in [1.29, 1.82) is 0 Å². The molecule has 1 fully saturated rings. The molecule has 2 rings (SSSR count). The number of rotatable bonds is 6. The summed E-state index contributed by atoms with van der Waals surface area (Å²) < 4.78 is 10.6. The molecule has 0 amide bonds. The van der Waals surface area contributed by atoms with Crippen LogP contribution in [-0.4, -0.2) is 43.7 Å². The van der Waals surface area contributed by atoms with Crippen molar-refractivity contribution < 1.29 is 14.3 Å². The summed E-state index contributed by atoms with van der Waals surface area (Å²) in [5.74, 6) is 0.806. The molecule has 0 radical (unpaired) electrons. The molecule has 1 heterocycles. The van der Waals surface area contributed by atoms with Gasteiger partial charge in [-0.05, 0) is 31.5 Å². The first kappa shape index (κ1) is 13.9. The van der Waals surface area contributed by atoms with Crippen molar-refractivity contribution in [2.75, 3.05) is 26.7 Å². The van der Waals surface area contributed by atoms with Gasteiger partial charge in [0.25, 0.3) is 0 Å². The zero-order valence-corrected chi connectivity index (χ0v) is 11.4. The predicted octanol–water partition coefficient (Wildman–Crippen LogP) is 2.09. The van der Waals surface area contributed by atoms with E-state index in [1.807, 2.05) is 30.3 Å². The molecule has 0 unspecified atom stereocenters. The van der Waals surface area contributed by atoms with Crippen LogP contribution in [0.25, 0.3) is 0 Å². The molecule has 4 nitrogen and oxygen atoms in total. The minimum atomic E-state index is -0.128. The van der Waals surface area contributed by atoms with Crippen LogP contribution in [0.3, 0.4) is 0 Å². The molecule has 1 aliphatic rings. The third kappa shape index (κ3) is 4.56. The van der Waals surface area contributed by atoms with E-state index in [0.717, 1.165) is 38.2 Å². The summed E-state index contributed by atoms with van der Waals surface area (Å²) in [7, 11) is 1.43. The van der Waals surface area contributed by atoms with Gasteiger partial charge < -0.3 is 9.47 Å². The third-order valence-electron chi connectivity index (χ3n) is 3.36. The summed E-state index contributed by atoms with van der Waals surface area (Å²) in [6.45, 7) is 2.92. The topological polar surface area (TPSA) is 38.8 Å². The number of carbonyl (C=O) groups excluding carboxylic acids is 1. The van der Waals surface area contributed by atoms with Gasteiger partial charge in [-0.25, -0.2) is 0 Å². The lowest BCUT2D eigenvalue weighted by Gasteiger charge is -2.16. The van der Waals surface area contributed by atoms with Crippen LogP contribution in [0.2, 0.25) is 0 Å². The number of nitrogens with zero attached hydrogens (tertiary/aromatic N) is 1. The first-order valence-corrected chi connectivity index (χ1v) is 6.79. The van der Waals surface area contributed by atoms with Crippen LogP contribution in [0, 0.1) is 0 Å². The van der Waals surface area contributed by atoms with E-state index in [1.54, 1.807) is 0 Å². The molecule has 104 valence electrons. The molecule has 1 aliphatic heterocycles. The van der Waals surface area contributed by atoms with Crippen molar-refractivity contribution >= 4 is 5.97 Å². The van der Waals surface area contributed by atoms with E-state index >= 15 is 0 Å². The molecule has 1 aromatic carbocycles. The van der Waals surface area contributed by atoms with Crippen LogP contribution in [-0.2, 0) is 9.53 Å². The van der Waals surface area contributed by atoms with Gasteiger partial charge in [0, 0.05) is 19.5 Å². The van der Waals surface area contributed by atoms with E-state index < -0.39 is 0 Å². The van der Waals surface area contributed by atoms with Gasteiger partial charge in [-0.2, -0.15) is 0 Å². The predicted molar refractivity (Wildman–Crippen MR) is 73.2 cm³/mol. The molecule has 1 saturated heterocycles. The Morgan fingerprint density at radius 2 is 2.16 bits per heavy atom. The summed E-state index contributed by atoms with van der Waals surface area (Å²) in [6.07, 6.45) is 2.66. The molecule has 0 bridgehead atoms. The number of hydrogen-bond donors (Lipinski definition) is 0. The zero-order chi connectivity index (χ0) is 13.5. The van der Waals surface area contributed by atoms with Crippen LogP contribution < -0.4 is 4.74 Å². The number of para-hydroxylation sites is 1. The van der Waals surface area contributed by atoms with E-state index in [4.69, 9.17) is 4.74 Å². The van der Waals surface area contributed by atoms with Gasteiger partial charge >= 0.3 is 5.97 Å². The number of esters is 1. The lowest BCUT2D eigenvalue weighted by atomic mass is 10.3. The molecular weight excluding hydrogens is 242 g/mol. The average molecular weight is 263 g/mol. The summed E-state index contributed by atoms with van der Waals surface area (Å²) in [5.41, 5.74) is 0. The Bertz CT molecular complexity index is 394. The molecule has 1 aromatic rings. The Morgan fingerprint density at radius 3 is 2.89 bits per heavy atom. The minimum Gasteiger partial charge on any atom is -0.489 e. The van der Waals surface area contributed by atoms with Crippen LogP contribution in [0.4, 0.5) is 0 Å². The van der Waals surface area contributed by atoms with E-state index in [0.29, 0.717) is 6.42 Å². The number of methoxy groups -OCH3 is 1. The van der Waals surface area contributed by atoms with E-state index in [-0.39, 0.29) is 12.1 Å². The molecule has 1 atom stereocenters. The van der Waals surface area contributed by atoms with E-state index in [2.05, 4.69) is 9.64 Å². The highest BCUT2D eigenvalue weighted by molar-refractivity contribution is 5.69. The monoisotopic (exact) mass is 263 g/mol. The standard InChI is InChI=1S/C15H21NO3/c1-18-15(17)8-5-10-16-11-9-14(12-16)19-13-6-3-2-4-7-13/h2-4,6-7,14H,5,8-12H2,1H3/t14-/m0/s1. The van der Waals surface area contributed by atoms with E-state index in [1.165, 1.54) is 7.11 Å². The second-order valence-corrected chi connectivity index (χ2v) is 4.82. The normalized spacial score (nSPS) is 19.3. The quantitative estimate of drug-likeness (QED) is 0.737. The second-order valence-electron chi connectivity index (χ2n) is 4.82. The number of hydrogen-bond acceptors (Lipinski definition) is 4. The van der Waals surface area contributed by atoms with E-state index in [9.17, 15) is 4.79 Å². The maximum absolute atomic E-state index is 11.0. The molecule has 0 N–H and O–H groups in total. The van der Waals surface area contributed by atoms with Gasteiger partial charge in [-0.3, -0.25) is 9.69 Å². The Kier molecular flexibility index (Phi) is 5.21. The molecule has 0 aromatic heterocycles. The minimum absolute atomic E-state index is 0.128. The van der Waals surface area contributed by atoms with Gasteiger partial charge in [0.15, 0.2) is 0 Å². The Morgan fingerprint density at radius 1 is 1.37 bits per heavy atom. The fourth-order valence-corrected chi connectivity index (χ4v) is 2.34. The van der Waals surface area contributed by atoms with Crippen molar-refractivity contribution in [2.24, 2.45) is 0 Å². The SMILES string of the molecule is COC(=O)CCCN1CC[C@H](Oc2ccccc2)C1. The summed E-state index contributed by atoms with van der Waals surface area (Å²) in [5, 5.41) is 0. The fourth-order valence-electron chi connectivity index (χ4n) is 2.34. The van der Waals surface area contributed by atoms with Gasteiger partial charge in [0.05, 0.1) is 7.11 Å². The van der Waals surface area contributed by atoms with Gasteiger partial charge in [0.1, 0.15) is 11.9 Å². The number of likely N-dealkylation sites (tertiary alicyclic amines) is 1. The summed E-state index contributed by atoms with van der Waals surface area (Å²) >= 11 is 0. The molecule has 0 aliphatic carbocycles. The largest absolute Gasteiger partial charge is 0.489 e. The smallest absolute Gasteiger partial charge is 0.305 e. The van der Waals surface area contributed by atoms with Crippen molar-refractivity contribution in [1.82, 2.24) is 4.90 Å². The van der Waals surface area contributed by atoms with Gasteiger partial charge in [-0.15, -0.1) is 0 Å². The molecule has 4 heteroatoms. The van der Waals surface area contributed by atoms with Crippen molar-refractivity contribution in [3.05, 3.63) is 30.3 Å². The summed E-state index contributed by atoms with van der Waals surface area (Å²) in [4.78, 5) is 13.4. The summed E-state index contributed by atoms with van der Waals surface area (Å²) in [6, 6.07) is 9.93. The average Bonchev–Trinajstić information content (AvgIpc) is 2.87. The van der Waals surface area contributed by atoms with Gasteiger partial charge in [0.2, 0.25) is 0 Å². The maximum atomic E-state index is 11.0. The molecular formula is C15H21NO3. The van der Waals surface area contributed by atoms with Crippen molar-refractivity contribution in [2.45, 2.75) is 25.4 Å². The lowest BCUT2D eigenvalue weighted by molar-refractivity contribution is -0.140. The first-order valence-electron chi connectivity index (χ1n) is 6.79. The van der Waals surface area contributed by atoms with Crippen molar-refractivity contribution in [3.63, 3.8) is 0 Å². The van der Waals surface area contributed by atoms with Crippen molar-refractivity contribution in [3.8, 4) is 5.75 Å². The van der Waals surface area contributed by atoms with Crippen LogP contribution in [0.1, 0.15) is 19.3 Å². The van der Waals surface area contributed by atoms with Gasteiger partial charge in [-0.1, -0.05) is 18.2 Å². The Balaban J connectivity index is 1.67. The number of carbonyl (C=O) groups is 1. The first-order chi connectivity index (χ1) is 9.28. The third-order valence-corrected chi connectivity index (χ3v) is 3.36. The fraction of sp³-hybridized carbons (Fsp3) is 0.533. The van der Waals surface area contributed by atoms with Crippen LogP contribution >= 0.6 is 0 Å². The highest BCUT2D eigenvalue weighted by Gasteiger charge is 2.23. The number of benzene rings is 1. The molecule has 0 spiro atoms. The molecule has 0 saturated carbocycles. The number of ether oxygens (including phenoxy) is 2. The Labute approximate surface area is 114 Å². The zero-order valence-electron chi connectivity index (χ0n) is 11.4. The second kappa shape index (κ2) is 7.14. The maximum Gasteiger partial charge on any atom is 0.305 e. The highest BCUT2D eigenvalue weighted by Crippen LogP contribution is 2.18. The lowest BCUT2D eigenvalue weighted by Crippen LogP contribution is -2.26. The molecule has 19 heavy (non-hydrogen) atoms. The van der Waals surface area contributed by atoms with Crippen LogP contribution in [0.15, 0.2) is 30.3 Å². The Hall–Kier alpha value is -1.55. The highest BCUT2D eigenvalue weighted by atomic mass is 16.5. The van der Waals surface area contributed by atoms with Crippen LogP contribution in [0.5, 0.6) is 5.75 Å².